The van der Waals surface area contributed by atoms with E-state index in [-0.39, 0.29) is 18.7 Å². The predicted molar refractivity (Wildman–Crippen MR) is 104 cm³/mol. The number of anilines is 1. The number of halogens is 3. The Morgan fingerprint density at radius 1 is 1.11 bits per heavy atom. The van der Waals surface area contributed by atoms with Crippen LogP contribution in [-0.4, -0.2) is 21.8 Å². The van der Waals surface area contributed by atoms with E-state index in [4.69, 9.17) is 11.6 Å². The van der Waals surface area contributed by atoms with Crippen molar-refractivity contribution in [2.75, 3.05) is 5.32 Å². The van der Waals surface area contributed by atoms with Crippen molar-refractivity contribution in [1.82, 2.24) is 9.97 Å². The maximum Gasteiger partial charge on any atom is 0.257 e. The molecule has 4 rings (SSSR count). The fourth-order valence-electron chi connectivity index (χ4n) is 3.35. The van der Waals surface area contributed by atoms with Gasteiger partial charge in [-0.25, -0.2) is 13.8 Å². The molecule has 1 aliphatic rings. The Morgan fingerprint density at radius 3 is 2.50 bits per heavy atom. The second kappa shape index (κ2) is 6.95. The quantitative estimate of drug-likeness (QED) is 0.667. The zero-order valence-electron chi connectivity index (χ0n) is 15.0. The van der Waals surface area contributed by atoms with Crippen LogP contribution in [0.1, 0.15) is 27.0 Å². The van der Waals surface area contributed by atoms with Crippen molar-refractivity contribution in [2.24, 2.45) is 0 Å². The van der Waals surface area contributed by atoms with Crippen LogP contribution in [-0.2, 0) is 12.8 Å². The fraction of sp³-hybridized carbons (Fsp3) is 0.190. The highest BCUT2D eigenvalue weighted by atomic mass is 35.5. The highest BCUT2D eigenvalue weighted by Gasteiger charge is 2.37. The molecule has 1 aliphatic carbocycles. The van der Waals surface area contributed by atoms with E-state index in [1.165, 1.54) is 12.4 Å². The van der Waals surface area contributed by atoms with Crippen molar-refractivity contribution in [2.45, 2.75) is 25.7 Å². The van der Waals surface area contributed by atoms with Crippen LogP contribution >= 0.6 is 11.6 Å². The molecule has 0 fully saturated rings. The van der Waals surface area contributed by atoms with Crippen LogP contribution in [0.4, 0.5) is 14.6 Å². The zero-order chi connectivity index (χ0) is 19.9. The van der Waals surface area contributed by atoms with Crippen LogP contribution < -0.4 is 5.32 Å². The normalized spacial score (nSPS) is 14.6. The number of aromatic nitrogens is 2. The standard InChI is InChI=1S/C21H16ClF2N3O/c1-12-4-2-3-5-15(12)20(28)27-19-11-25-18(10-26-19)16-6-13-8-21(23,24)9-14(13)7-17(16)22/h2-7,10-11H,8-9H2,1H3,(H,26,27,28). The molecular formula is C21H16ClF2N3O. The number of benzene rings is 2. The first-order valence-corrected chi connectivity index (χ1v) is 9.09. The molecule has 0 unspecified atom stereocenters. The summed E-state index contributed by atoms with van der Waals surface area (Å²) in [7, 11) is 0. The van der Waals surface area contributed by atoms with Crippen molar-refractivity contribution >= 4 is 23.3 Å². The minimum absolute atomic E-state index is 0.280. The first-order valence-electron chi connectivity index (χ1n) is 8.71. The van der Waals surface area contributed by atoms with Gasteiger partial charge < -0.3 is 5.32 Å². The molecule has 0 saturated carbocycles. The number of hydrogen-bond acceptors (Lipinski definition) is 3. The Balaban J connectivity index is 1.56. The van der Waals surface area contributed by atoms with Gasteiger partial charge in [-0.3, -0.25) is 9.78 Å². The molecule has 1 amide bonds. The Morgan fingerprint density at radius 2 is 1.82 bits per heavy atom. The summed E-state index contributed by atoms with van der Waals surface area (Å²) in [6.45, 7) is 1.85. The summed E-state index contributed by atoms with van der Waals surface area (Å²) in [5.41, 5.74) is 3.54. The maximum atomic E-state index is 13.6. The van der Waals surface area contributed by atoms with Gasteiger partial charge in [0.05, 0.1) is 23.1 Å². The molecule has 2 aromatic carbocycles. The largest absolute Gasteiger partial charge is 0.305 e. The molecule has 4 nitrogen and oxygen atoms in total. The molecule has 0 spiro atoms. The lowest BCUT2D eigenvalue weighted by atomic mass is 10.0. The van der Waals surface area contributed by atoms with Gasteiger partial charge in [0, 0.05) is 24.0 Å². The second-order valence-corrected chi connectivity index (χ2v) is 7.27. The Bertz CT molecular complexity index is 1070. The van der Waals surface area contributed by atoms with E-state index in [2.05, 4.69) is 15.3 Å². The molecule has 0 radical (unpaired) electrons. The number of fused-ring (bicyclic) bond motifs is 1. The number of carbonyl (C=O) groups excluding carboxylic acids is 1. The van der Waals surface area contributed by atoms with Gasteiger partial charge in [-0.15, -0.1) is 0 Å². The first kappa shape index (κ1) is 18.5. The van der Waals surface area contributed by atoms with E-state index in [0.29, 0.717) is 38.8 Å². The van der Waals surface area contributed by atoms with Crippen LogP contribution in [0.5, 0.6) is 0 Å². The number of alkyl halides is 2. The lowest BCUT2D eigenvalue weighted by Gasteiger charge is -2.09. The predicted octanol–water partition coefficient (Wildman–Crippen LogP) is 5.09. The molecule has 3 aromatic rings. The smallest absolute Gasteiger partial charge is 0.257 e. The van der Waals surface area contributed by atoms with E-state index in [1.54, 1.807) is 24.3 Å². The Labute approximate surface area is 165 Å². The maximum absolute atomic E-state index is 13.6. The monoisotopic (exact) mass is 399 g/mol. The molecule has 142 valence electrons. The molecule has 0 atom stereocenters. The Hall–Kier alpha value is -2.86. The molecule has 1 aromatic heterocycles. The first-order chi connectivity index (χ1) is 13.3. The average Bonchev–Trinajstić information content (AvgIpc) is 2.95. The topological polar surface area (TPSA) is 54.9 Å². The summed E-state index contributed by atoms with van der Waals surface area (Å²) in [6, 6.07) is 10.4. The Kier molecular flexibility index (Phi) is 4.59. The summed E-state index contributed by atoms with van der Waals surface area (Å²) in [4.78, 5) is 20.9. The second-order valence-electron chi connectivity index (χ2n) is 6.87. The van der Waals surface area contributed by atoms with Crippen LogP contribution in [0.25, 0.3) is 11.3 Å². The number of aryl methyl sites for hydroxylation is 1. The van der Waals surface area contributed by atoms with Crippen molar-refractivity contribution in [1.29, 1.82) is 0 Å². The molecule has 1 heterocycles. The van der Waals surface area contributed by atoms with Crippen LogP contribution in [0.2, 0.25) is 5.02 Å². The number of rotatable bonds is 3. The van der Waals surface area contributed by atoms with Gasteiger partial charge in [0.25, 0.3) is 11.8 Å². The number of amides is 1. The summed E-state index contributed by atoms with van der Waals surface area (Å²) in [6.07, 6.45) is 2.29. The van der Waals surface area contributed by atoms with Crippen LogP contribution in [0, 0.1) is 6.92 Å². The van der Waals surface area contributed by atoms with Gasteiger partial charge in [-0.2, -0.15) is 0 Å². The van der Waals surface area contributed by atoms with E-state index >= 15 is 0 Å². The molecule has 28 heavy (non-hydrogen) atoms. The summed E-state index contributed by atoms with van der Waals surface area (Å²) in [5.74, 6) is -2.72. The number of carbonyl (C=O) groups is 1. The molecule has 1 N–H and O–H groups in total. The molecule has 7 heteroatoms. The molecule has 0 bridgehead atoms. The summed E-state index contributed by atoms with van der Waals surface area (Å²) in [5, 5.41) is 3.05. The summed E-state index contributed by atoms with van der Waals surface area (Å²) < 4.78 is 27.3. The summed E-state index contributed by atoms with van der Waals surface area (Å²) >= 11 is 6.27. The SMILES string of the molecule is Cc1ccccc1C(=O)Nc1cnc(-c2cc3c(cc2Cl)CC(F)(F)C3)cn1. The van der Waals surface area contributed by atoms with E-state index < -0.39 is 5.92 Å². The van der Waals surface area contributed by atoms with Crippen molar-refractivity contribution in [3.05, 3.63) is 76.1 Å². The fourth-order valence-corrected chi connectivity index (χ4v) is 3.63. The molecular weight excluding hydrogens is 384 g/mol. The van der Waals surface area contributed by atoms with Gasteiger partial charge in [0.1, 0.15) is 0 Å². The minimum Gasteiger partial charge on any atom is -0.305 e. The average molecular weight is 400 g/mol. The van der Waals surface area contributed by atoms with E-state index in [0.717, 1.165) is 5.56 Å². The lowest BCUT2D eigenvalue weighted by Crippen LogP contribution is -2.14. The van der Waals surface area contributed by atoms with Gasteiger partial charge in [-0.1, -0.05) is 29.8 Å². The minimum atomic E-state index is -2.74. The number of hydrogen-bond donors (Lipinski definition) is 1. The third-order valence-electron chi connectivity index (χ3n) is 4.75. The van der Waals surface area contributed by atoms with Crippen molar-refractivity contribution in [3.63, 3.8) is 0 Å². The van der Waals surface area contributed by atoms with Crippen molar-refractivity contribution in [3.8, 4) is 11.3 Å². The van der Waals surface area contributed by atoms with Gasteiger partial charge in [-0.05, 0) is 41.8 Å². The zero-order valence-corrected chi connectivity index (χ0v) is 15.7. The highest BCUT2D eigenvalue weighted by molar-refractivity contribution is 6.33. The molecule has 0 aliphatic heterocycles. The van der Waals surface area contributed by atoms with E-state index in [1.807, 2.05) is 19.1 Å². The van der Waals surface area contributed by atoms with Gasteiger partial charge in [0.2, 0.25) is 0 Å². The lowest BCUT2D eigenvalue weighted by molar-refractivity contribution is 0.0130. The van der Waals surface area contributed by atoms with Crippen LogP contribution in [0.15, 0.2) is 48.8 Å². The highest BCUT2D eigenvalue weighted by Crippen LogP contribution is 2.39. The van der Waals surface area contributed by atoms with Gasteiger partial charge >= 0.3 is 0 Å². The third-order valence-corrected chi connectivity index (χ3v) is 5.06. The van der Waals surface area contributed by atoms with Gasteiger partial charge in [0.15, 0.2) is 5.82 Å². The van der Waals surface area contributed by atoms with Crippen LogP contribution in [0.3, 0.4) is 0 Å². The van der Waals surface area contributed by atoms with E-state index in [9.17, 15) is 13.6 Å². The number of nitrogens with one attached hydrogen (secondary N) is 1. The number of nitrogens with zero attached hydrogens (tertiary/aromatic N) is 2. The molecule has 0 saturated heterocycles. The van der Waals surface area contributed by atoms with Crippen molar-refractivity contribution < 1.29 is 13.6 Å². The third kappa shape index (κ3) is 3.60.